The third-order valence-corrected chi connectivity index (χ3v) is 4.32. The lowest BCUT2D eigenvalue weighted by Crippen LogP contribution is -2.32. The lowest BCUT2D eigenvalue weighted by Gasteiger charge is -2.27. The molecule has 1 aromatic heterocycles. The third-order valence-electron chi connectivity index (χ3n) is 4.32. The van der Waals surface area contributed by atoms with Crippen molar-refractivity contribution in [2.45, 2.75) is 13.1 Å². The molecule has 0 fully saturated rings. The predicted octanol–water partition coefficient (Wildman–Crippen LogP) is 4.16. The van der Waals surface area contributed by atoms with Gasteiger partial charge in [0, 0.05) is 23.0 Å². The maximum absolute atomic E-state index is 12.9. The highest BCUT2D eigenvalue weighted by Gasteiger charge is 2.37. The summed E-state index contributed by atoms with van der Waals surface area (Å²) >= 11 is 0. The zero-order valence-electron chi connectivity index (χ0n) is 13.3. The highest BCUT2D eigenvalue weighted by Crippen LogP contribution is 2.38. The number of amides is 1. The Morgan fingerprint density at radius 3 is 2.58 bits per heavy atom. The van der Waals surface area contributed by atoms with Gasteiger partial charge in [-0.15, -0.1) is 0 Å². The van der Waals surface area contributed by atoms with Crippen molar-refractivity contribution in [3.8, 4) is 0 Å². The quantitative estimate of drug-likeness (QED) is 0.789. The number of nitrogens with one attached hydrogen (secondary N) is 1. The van der Waals surface area contributed by atoms with Crippen LogP contribution in [0.2, 0.25) is 0 Å². The molecular formula is C20H17N3O. The number of hydrogen-bond donors (Lipinski definition) is 1. The van der Waals surface area contributed by atoms with Crippen molar-refractivity contribution in [2.75, 3.05) is 10.2 Å². The molecule has 0 spiro atoms. The summed E-state index contributed by atoms with van der Waals surface area (Å²) in [4.78, 5) is 18.9. The second-order valence-electron chi connectivity index (χ2n) is 5.84. The van der Waals surface area contributed by atoms with Crippen LogP contribution >= 0.6 is 0 Å². The van der Waals surface area contributed by atoms with Crippen molar-refractivity contribution in [3.63, 3.8) is 0 Å². The van der Waals surface area contributed by atoms with E-state index in [2.05, 4.69) is 23.3 Å². The monoisotopic (exact) mass is 315 g/mol. The van der Waals surface area contributed by atoms with Gasteiger partial charge in [-0.25, -0.2) is 0 Å². The number of fused-ring (bicyclic) bond motifs is 1. The molecule has 4 rings (SSSR count). The summed E-state index contributed by atoms with van der Waals surface area (Å²) in [6, 6.07) is 19.6. The van der Waals surface area contributed by atoms with Gasteiger partial charge in [0.2, 0.25) is 0 Å². The first-order chi connectivity index (χ1) is 11.8. The van der Waals surface area contributed by atoms with Gasteiger partial charge >= 0.3 is 0 Å². The number of aromatic nitrogens is 1. The highest BCUT2D eigenvalue weighted by atomic mass is 16.2. The van der Waals surface area contributed by atoms with Crippen molar-refractivity contribution in [2.24, 2.45) is 0 Å². The fraction of sp³-hybridized carbons (Fsp3) is 0.100. The van der Waals surface area contributed by atoms with Crippen LogP contribution in [-0.4, -0.2) is 10.9 Å². The van der Waals surface area contributed by atoms with Crippen LogP contribution in [0, 0.1) is 6.92 Å². The van der Waals surface area contributed by atoms with Gasteiger partial charge in [-0.3, -0.25) is 14.7 Å². The van der Waals surface area contributed by atoms with Crippen LogP contribution in [0.15, 0.2) is 73.1 Å². The summed E-state index contributed by atoms with van der Waals surface area (Å²) in [6.07, 6.45) is 3.18. The Morgan fingerprint density at radius 2 is 1.79 bits per heavy atom. The third kappa shape index (κ3) is 2.33. The minimum Gasteiger partial charge on any atom is -0.361 e. The molecule has 4 heteroatoms. The van der Waals surface area contributed by atoms with E-state index in [0.29, 0.717) is 0 Å². The zero-order chi connectivity index (χ0) is 16.5. The first kappa shape index (κ1) is 14.5. The molecule has 0 saturated heterocycles. The average Bonchev–Trinajstić information content (AvgIpc) is 2.90. The molecule has 0 saturated carbocycles. The molecule has 0 bridgehead atoms. The molecule has 1 aliphatic heterocycles. The van der Waals surface area contributed by atoms with E-state index in [-0.39, 0.29) is 12.1 Å². The van der Waals surface area contributed by atoms with E-state index in [4.69, 9.17) is 0 Å². The van der Waals surface area contributed by atoms with Crippen LogP contribution < -0.4 is 10.2 Å². The number of hydrogen-bond acceptors (Lipinski definition) is 3. The van der Waals surface area contributed by atoms with Crippen molar-refractivity contribution in [3.05, 3.63) is 89.7 Å². The largest absolute Gasteiger partial charge is 0.361 e. The van der Waals surface area contributed by atoms with E-state index >= 15 is 0 Å². The molecule has 2 aromatic carbocycles. The molecule has 1 aliphatic rings. The Labute approximate surface area is 140 Å². The Morgan fingerprint density at radius 1 is 1.00 bits per heavy atom. The Kier molecular flexibility index (Phi) is 3.50. The first-order valence-electron chi connectivity index (χ1n) is 7.90. The molecule has 1 atom stereocenters. The number of carbonyl (C=O) groups is 1. The van der Waals surface area contributed by atoms with E-state index in [1.54, 1.807) is 17.3 Å². The number of anilines is 2. The Bertz CT molecular complexity index is 892. The van der Waals surface area contributed by atoms with Gasteiger partial charge in [-0.05, 0) is 36.8 Å². The van der Waals surface area contributed by atoms with Crippen molar-refractivity contribution in [1.82, 2.24) is 4.98 Å². The molecule has 3 aromatic rings. The van der Waals surface area contributed by atoms with Crippen LogP contribution in [0.3, 0.4) is 0 Å². The van der Waals surface area contributed by atoms with Crippen LogP contribution in [0.4, 0.5) is 11.4 Å². The number of rotatable bonds is 3. The normalized spacial score (nSPS) is 16.1. The molecule has 118 valence electrons. The smallest absolute Gasteiger partial charge is 0.260 e. The van der Waals surface area contributed by atoms with Crippen LogP contribution in [-0.2, 0) is 0 Å². The van der Waals surface area contributed by atoms with Gasteiger partial charge in [0.15, 0.2) is 0 Å². The SMILES string of the molecule is Cc1ccccc1N[C@@H]1c2ccccc2C(=O)N1c1cccnc1. The number of aryl methyl sites for hydroxylation is 1. The van der Waals surface area contributed by atoms with Gasteiger partial charge in [-0.2, -0.15) is 0 Å². The summed E-state index contributed by atoms with van der Waals surface area (Å²) in [7, 11) is 0. The van der Waals surface area contributed by atoms with E-state index in [1.165, 1.54) is 0 Å². The molecule has 1 N–H and O–H groups in total. The topological polar surface area (TPSA) is 45.2 Å². The van der Waals surface area contributed by atoms with Gasteiger partial charge in [0.25, 0.3) is 5.91 Å². The molecular weight excluding hydrogens is 298 g/mol. The van der Waals surface area contributed by atoms with Crippen molar-refractivity contribution in [1.29, 1.82) is 0 Å². The van der Waals surface area contributed by atoms with Crippen LogP contribution in [0.5, 0.6) is 0 Å². The molecule has 1 amide bonds. The molecule has 4 nitrogen and oxygen atoms in total. The van der Waals surface area contributed by atoms with E-state index in [9.17, 15) is 4.79 Å². The van der Waals surface area contributed by atoms with Gasteiger partial charge in [0.05, 0.1) is 11.9 Å². The number of pyridine rings is 1. The van der Waals surface area contributed by atoms with Gasteiger partial charge in [0.1, 0.15) is 6.17 Å². The Balaban J connectivity index is 1.81. The molecule has 24 heavy (non-hydrogen) atoms. The average molecular weight is 315 g/mol. The minimum atomic E-state index is -0.251. The maximum atomic E-state index is 12.9. The molecule has 0 radical (unpaired) electrons. The lowest BCUT2D eigenvalue weighted by atomic mass is 10.1. The van der Waals surface area contributed by atoms with Gasteiger partial charge < -0.3 is 5.32 Å². The van der Waals surface area contributed by atoms with Crippen molar-refractivity contribution >= 4 is 17.3 Å². The van der Waals surface area contributed by atoms with Gasteiger partial charge in [-0.1, -0.05) is 36.4 Å². The molecule has 0 unspecified atom stereocenters. The second kappa shape index (κ2) is 5.81. The summed E-state index contributed by atoms with van der Waals surface area (Å²) in [5, 5.41) is 3.52. The maximum Gasteiger partial charge on any atom is 0.260 e. The first-order valence-corrected chi connectivity index (χ1v) is 7.90. The number of para-hydroxylation sites is 1. The summed E-state index contributed by atoms with van der Waals surface area (Å²) in [6.45, 7) is 2.05. The van der Waals surface area contributed by atoms with E-state index < -0.39 is 0 Å². The van der Waals surface area contributed by atoms with E-state index in [0.717, 1.165) is 28.1 Å². The predicted molar refractivity (Wildman–Crippen MR) is 95.0 cm³/mol. The fourth-order valence-corrected chi connectivity index (χ4v) is 3.10. The van der Waals surface area contributed by atoms with Crippen molar-refractivity contribution < 1.29 is 4.79 Å². The highest BCUT2D eigenvalue weighted by molar-refractivity contribution is 6.11. The number of carbonyl (C=O) groups excluding carboxylic acids is 1. The zero-order valence-corrected chi connectivity index (χ0v) is 13.3. The summed E-state index contributed by atoms with van der Waals surface area (Å²) in [5.41, 5.74) is 4.65. The standard InChI is InChI=1S/C20H17N3O/c1-14-7-2-5-11-18(14)22-19-16-9-3-4-10-17(16)20(24)23(19)15-8-6-12-21-13-15/h2-13,19,22H,1H3/t19-/m0/s1. The summed E-state index contributed by atoms with van der Waals surface area (Å²) < 4.78 is 0. The second-order valence-corrected chi connectivity index (χ2v) is 5.84. The minimum absolute atomic E-state index is 0.00955. The number of benzene rings is 2. The van der Waals surface area contributed by atoms with Crippen LogP contribution in [0.25, 0.3) is 0 Å². The number of nitrogens with zero attached hydrogens (tertiary/aromatic N) is 2. The van der Waals surface area contributed by atoms with E-state index in [1.807, 2.05) is 54.6 Å². The molecule has 2 heterocycles. The lowest BCUT2D eigenvalue weighted by molar-refractivity contribution is 0.0993. The summed E-state index contributed by atoms with van der Waals surface area (Å²) in [5.74, 6) is -0.00955. The fourth-order valence-electron chi connectivity index (χ4n) is 3.10. The Hall–Kier alpha value is -3.14. The van der Waals surface area contributed by atoms with Crippen LogP contribution in [0.1, 0.15) is 27.7 Å². The molecule has 0 aliphatic carbocycles.